The third-order valence-corrected chi connectivity index (χ3v) is 6.10. The summed E-state index contributed by atoms with van der Waals surface area (Å²) >= 11 is 0. The van der Waals surface area contributed by atoms with Crippen molar-refractivity contribution >= 4 is 26.3 Å². The van der Waals surface area contributed by atoms with Crippen molar-refractivity contribution in [1.82, 2.24) is 4.98 Å². The van der Waals surface area contributed by atoms with E-state index in [1.165, 1.54) is 6.20 Å². The Morgan fingerprint density at radius 3 is 2.65 bits per heavy atom. The number of rotatable bonds is 5. The Balaban J connectivity index is 2.73. The SMILES string of the molecule is CC(C)S(=O)(=O)CCS(=O)c1ncccc1N. The smallest absolute Gasteiger partial charge is 0.153 e. The highest BCUT2D eigenvalue weighted by Gasteiger charge is 2.19. The van der Waals surface area contributed by atoms with Gasteiger partial charge in [0.05, 0.1) is 27.5 Å². The maximum Gasteiger partial charge on any atom is 0.153 e. The zero-order valence-electron chi connectivity index (χ0n) is 9.79. The van der Waals surface area contributed by atoms with Crippen molar-refractivity contribution in [3.63, 3.8) is 0 Å². The maximum atomic E-state index is 11.8. The molecule has 0 radical (unpaired) electrons. The number of anilines is 1. The number of hydrogen-bond acceptors (Lipinski definition) is 5. The first-order chi connectivity index (χ1) is 7.84. The molecule has 0 fully saturated rings. The molecule has 1 atom stereocenters. The molecule has 96 valence electrons. The molecule has 0 saturated carbocycles. The fraction of sp³-hybridized carbons (Fsp3) is 0.500. The van der Waals surface area contributed by atoms with Crippen LogP contribution in [0.5, 0.6) is 0 Å². The largest absolute Gasteiger partial charge is 0.396 e. The van der Waals surface area contributed by atoms with Crippen molar-refractivity contribution < 1.29 is 12.6 Å². The Morgan fingerprint density at radius 2 is 2.12 bits per heavy atom. The number of sulfone groups is 1. The van der Waals surface area contributed by atoms with E-state index in [4.69, 9.17) is 5.73 Å². The number of hydrogen-bond donors (Lipinski definition) is 1. The minimum Gasteiger partial charge on any atom is -0.396 e. The first-order valence-corrected chi connectivity index (χ1v) is 8.18. The Hall–Kier alpha value is -0.950. The van der Waals surface area contributed by atoms with E-state index < -0.39 is 25.9 Å². The zero-order chi connectivity index (χ0) is 13.1. The molecule has 0 aliphatic heterocycles. The highest BCUT2D eigenvalue weighted by atomic mass is 32.2. The zero-order valence-corrected chi connectivity index (χ0v) is 11.4. The molecule has 1 unspecified atom stereocenters. The van der Waals surface area contributed by atoms with Crippen molar-refractivity contribution in [2.45, 2.75) is 24.1 Å². The molecule has 1 aromatic heterocycles. The summed E-state index contributed by atoms with van der Waals surface area (Å²) in [5.74, 6) is -0.0883. The lowest BCUT2D eigenvalue weighted by atomic mass is 10.4. The van der Waals surface area contributed by atoms with Gasteiger partial charge in [-0.25, -0.2) is 13.4 Å². The van der Waals surface area contributed by atoms with Crippen LogP contribution in [0.4, 0.5) is 5.69 Å². The Labute approximate surface area is 104 Å². The van der Waals surface area contributed by atoms with Gasteiger partial charge in [0.1, 0.15) is 5.03 Å². The van der Waals surface area contributed by atoms with Crippen molar-refractivity contribution in [2.24, 2.45) is 0 Å². The lowest BCUT2D eigenvalue weighted by Gasteiger charge is -2.07. The molecular formula is C10H16N2O3S2. The van der Waals surface area contributed by atoms with E-state index in [0.29, 0.717) is 5.69 Å². The molecule has 1 heterocycles. The number of pyridine rings is 1. The second-order valence-electron chi connectivity index (χ2n) is 3.86. The predicted molar refractivity (Wildman–Crippen MR) is 68.8 cm³/mol. The Bertz CT molecular complexity index is 512. The molecule has 1 rings (SSSR count). The van der Waals surface area contributed by atoms with Crippen molar-refractivity contribution in [3.05, 3.63) is 18.3 Å². The van der Waals surface area contributed by atoms with Crippen molar-refractivity contribution in [1.29, 1.82) is 0 Å². The van der Waals surface area contributed by atoms with Gasteiger partial charge >= 0.3 is 0 Å². The first-order valence-electron chi connectivity index (χ1n) is 5.15. The van der Waals surface area contributed by atoms with Crippen LogP contribution in [0.15, 0.2) is 23.4 Å². The Morgan fingerprint density at radius 1 is 1.47 bits per heavy atom. The molecular weight excluding hydrogens is 260 g/mol. The maximum absolute atomic E-state index is 11.8. The molecule has 0 aliphatic carbocycles. The number of nitrogens with two attached hydrogens (primary N) is 1. The van der Waals surface area contributed by atoms with Gasteiger partial charge in [-0.3, -0.25) is 4.21 Å². The molecule has 0 amide bonds. The van der Waals surface area contributed by atoms with Crippen LogP contribution in [0.2, 0.25) is 0 Å². The number of aromatic nitrogens is 1. The number of nitrogens with zero attached hydrogens (tertiary/aromatic N) is 1. The average Bonchev–Trinajstić information content (AvgIpc) is 2.26. The topological polar surface area (TPSA) is 90.1 Å². The summed E-state index contributed by atoms with van der Waals surface area (Å²) in [5.41, 5.74) is 5.94. The summed E-state index contributed by atoms with van der Waals surface area (Å²) in [6, 6.07) is 3.23. The third kappa shape index (κ3) is 3.78. The van der Waals surface area contributed by atoms with E-state index in [1.54, 1.807) is 26.0 Å². The molecule has 5 nitrogen and oxygen atoms in total. The molecule has 7 heteroatoms. The van der Waals surface area contributed by atoms with Gasteiger partial charge in [0.15, 0.2) is 9.84 Å². The van der Waals surface area contributed by atoms with Crippen LogP contribution in [0.1, 0.15) is 13.8 Å². The van der Waals surface area contributed by atoms with E-state index in [2.05, 4.69) is 4.98 Å². The summed E-state index contributed by atoms with van der Waals surface area (Å²) in [7, 11) is -4.65. The highest BCUT2D eigenvalue weighted by Crippen LogP contribution is 2.13. The van der Waals surface area contributed by atoms with Gasteiger partial charge in [-0.1, -0.05) is 0 Å². The molecule has 0 saturated heterocycles. The molecule has 1 aromatic rings. The lowest BCUT2D eigenvalue weighted by molar-refractivity contribution is 0.588. The van der Waals surface area contributed by atoms with Crippen molar-refractivity contribution in [2.75, 3.05) is 17.2 Å². The summed E-state index contributed by atoms with van der Waals surface area (Å²) in [5, 5.41) is -0.202. The van der Waals surface area contributed by atoms with Gasteiger partial charge in [-0.05, 0) is 26.0 Å². The second-order valence-corrected chi connectivity index (χ2v) is 8.03. The summed E-state index contributed by atoms with van der Waals surface area (Å²) < 4.78 is 35.0. The van der Waals surface area contributed by atoms with Gasteiger partial charge in [-0.2, -0.15) is 0 Å². The Kier molecular flexibility index (Phi) is 4.64. The summed E-state index contributed by atoms with van der Waals surface area (Å²) in [6.45, 7) is 3.21. The average molecular weight is 276 g/mol. The fourth-order valence-electron chi connectivity index (χ4n) is 1.12. The quantitative estimate of drug-likeness (QED) is 0.850. The van der Waals surface area contributed by atoms with E-state index in [-0.39, 0.29) is 16.5 Å². The normalized spacial score (nSPS) is 13.8. The fourth-order valence-corrected chi connectivity index (χ4v) is 3.83. The molecule has 2 N–H and O–H groups in total. The van der Waals surface area contributed by atoms with Gasteiger partial charge in [0.2, 0.25) is 0 Å². The van der Waals surface area contributed by atoms with Crippen molar-refractivity contribution in [3.8, 4) is 0 Å². The highest BCUT2D eigenvalue weighted by molar-refractivity contribution is 7.93. The molecule has 17 heavy (non-hydrogen) atoms. The standard InChI is InChI=1S/C10H16N2O3S2/c1-8(2)17(14,15)7-6-16(13)10-9(11)4-3-5-12-10/h3-5,8H,6-7,11H2,1-2H3. The third-order valence-electron chi connectivity index (χ3n) is 2.29. The monoisotopic (exact) mass is 276 g/mol. The van der Waals surface area contributed by atoms with Crippen LogP contribution in [0, 0.1) is 0 Å². The van der Waals surface area contributed by atoms with Crippen LogP contribution in [0.3, 0.4) is 0 Å². The predicted octanol–water partition coefficient (Wildman–Crippen LogP) is 0.595. The van der Waals surface area contributed by atoms with Gasteiger partial charge in [0.25, 0.3) is 0 Å². The van der Waals surface area contributed by atoms with E-state index in [0.717, 1.165) is 0 Å². The van der Waals surface area contributed by atoms with E-state index >= 15 is 0 Å². The van der Waals surface area contributed by atoms with Gasteiger partial charge in [0, 0.05) is 11.9 Å². The molecule has 0 spiro atoms. The van der Waals surface area contributed by atoms with E-state index in [9.17, 15) is 12.6 Å². The van der Waals surface area contributed by atoms with Crippen LogP contribution in [0.25, 0.3) is 0 Å². The molecule has 0 aliphatic rings. The minimum absolute atomic E-state index is 0.0295. The lowest BCUT2D eigenvalue weighted by Crippen LogP contribution is -2.22. The first kappa shape index (κ1) is 14.1. The van der Waals surface area contributed by atoms with Crippen LogP contribution in [-0.2, 0) is 20.6 Å². The van der Waals surface area contributed by atoms with Gasteiger partial charge in [-0.15, -0.1) is 0 Å². The minimum atomic E-state index is -3.18. The van der Waals surface area contributed by atoms with Crippen LogP contribution < -0.4 is 5.73 Å². The summed E-state index contributed by atoms with van der Waals surface area (Å²) in [4.78, 5) is 3.90. The van der Waals surface area contributed by atoms with Gasteiger partial charge < -0.3 is 5.73 Å². The van der Waals surface area contributed by atoms with E-state index in [1.807, 2.05) is 0 Å². The number of nitrogen functional groups attached to an aromatic ring is 1. The van der Waals surface area contributed by atoms with Crippen LogP contribution in [-0.4, -0.2) is 34.4 Å². The second kappa shape index (κ2) is 5.59. The summed E-state index contributed by atoms with van der Waals surface area (Å²) in [6.07, 6.45) is 1.49. The van der Waals surface area contributed by atoms with Crippen LogP contribution >= 0.6 is 0 Å². The molecule has 0 bridgehead atoms. The molecule has 0 aromatic carbocycles.